The molecule has 0 spiro atoms. The lowest BCUT2D eigenvalue weighted by atomic mass is 10.2. The van der Waals surface area contributed by atoms with E-state index in [0.717, 1.165) is 15.7 Å². The van der Waals surface area contributed by atoms with Gasteiger partial charge < -0.3 is 10.2 Å². The summed E-state index contributed by atoms with van der Waals surface area (Å²) in [6.45, 7) is 1.98. The van der Waals surface area contributed by atoms with Gasteiger partial charge in [0.2, 0.25) is 0 Å². The van der Waals surface area contributed by atoms with E-state index >= 15 is 0 Å². The fraction of sp³-hybridized carbons (Fsp3) is 0.231. The second-order valence-electron chi connectivity index (χ2n) is 3.87. The van der Waals surface area contributed by atoms with Gasteiger partial charge in [0.15, 0.2) is 0 Å². The molecule has 0 fully saturated rings. The molecule has 17 heavy (non-hydrogen) atoms. The molecule has 1 aromatic carbocycles. The average molecular weight is 268 g/mol. The molecule has 0 aliphatic heterocycles. The zero-order chi connectivity index (χ0) is 12.3. The zero-order valence-electron chi connectivity index (χ0n) is 9.47. The molecule has 0 radical (unpaired) electrons. The summed E-state index contributed by atoms with van der Waals surface area (Å²) in [6.07, 6.45) is 1.67. The van der Waals surface area contributed by atoms with Crippen molar-refractivity contribution >= 4 is 23.4 Å². The number of hydrogen-bond acceptors (Lipinski definition) is 3. The molecule has 0 aliphatic rings. The smallest absolute Gasteiger partial charge is 0.118 e. The normalized spacial score (nSPS) is 14.5. The topological polar surface area (TPSA) is 39.2 Å². The van der Waals surface area contributed by atoms with Gasteiger partial charge in [-0.05, 0) is 37.3 Å². The Kier molecular flexibility index (Phi) is 4.15. The molecule has 0 saturated heterocycles. The van der Waals surface area contributed by atoms with Gasteiger partial charge in [0.25, 0.3) is 0 Å². The molecule has 2 atom stereocenters. The summed E-state index contributed by atoms with van der Waals surface area (Å²) in [4.78, 5) is 1.09. The molecule has 0 amide bonds. The highest BCUT2D eigenvalue weighted by molar-refractivity contribution is 7.99. The molecule has 1 aromatic heterocycles. The number of furan rings is 1. The van der Waals surface area contributed by atoms with E-state index in [1.165, 1.54) is 0 Å². The SMILES string of the molecule is CC(N)C(Sc1cccc(Cl)c1)c1ccco1. The Bertz CT molecular complexity index is 470. The standard InChI is InChI=1S/C13H14ClNOS/c1-9(15)13(12-6-3-7-16-12)17-11-5-2-4-10(14)8-11/h2-9,13H,15H2,1H3. The van der Waals surface area contributed by atoms with E-state index in [4.69, 9.17) is 21.8 Å². The Labute approximate surface area is 110 Å². The van der Waals surface area contributed by atoms with Crippen LogP contribution in [0.25, 0.3) is 0 Å². The van der Waals surface area contributed by atoms with Gasteiger partial charge in [-0.2, -0.15) is 0 Å². The Hall–Kier alpha value is -0.900. The maximum atomic E-state index is 6.00. The van der Waals surface area contributed by atoms with Crippen LogP contribution >= 0.6 is 23.4 Å². The molecule has 2 unspecified atom stereocenters. The van der Waals surface area contributed by atoms with E-state index in [-0.39, 0.29) is 11.3 Å². The number of thioether (sulfide) groups is 1. The van der Waals surface area contributed by atoms with Crippen LogP contribution in [0.3, 0.4) is 0 Å². The number of nitrogens with two attached hydrogens (primary N) is 1. The van der Waals surface area contributed by atoms with Crippen molar-refractivity contribution in [2.75, 3.05) is 0 Å². The first-order valence-corrected chi connectivity index (χ1v) is 6.64. The number of rotatable bonds is 4. The van der Waals surface area contributed by atoms with Gasteiger partial charge >= 0.3 is 0 Å². The minimum absolute atomic E-state index is 0.00475. The van der Waals surface area contributed by atoms with Gasteiger partial charge in [0.1, 0.15) is 5.76 Å². The van der Waals surface area contributed by atoms with Crippen LogP contribution < -0.4 is 5.73 Å². The predicted octanol–water partition coefficient (Wildman–Crippen LogP) is 4.11. The van der Waals surface area contributed by atoms with Gasteiger partial charge in [-0.3, -0.25) is 0 Å². The minimum atomic E-state index is 0.00475. The average Bonchev–Trinajstić information content (AvgIpc) is 2.78. The van der Waals surface area contributed by atoms with Gasteiger partial charge in [0, 0.05) is 16.0 Å². The first-order valence-electron chi connectivity index (χ1n) is 5.38. The molecule has 0 aliphatic carbocycles. The highest BCUT2D eigenvalue weighted by Crippen LogP contribution is 2.37. The Morgan fingerprint density at radius 1 is 1.29 bits per heavy atom. The first kappa shape index (κ1) is 12.6. The van der Waals surface area contributed by atoms with Crippen molar-refractivity contribution in [2.45, 2.75) is 23.1 Å². The third-order valence-electron chi connectivity index (χ3n) is 2.36. The van der Waals surface area contributed by atoms with Crippen LogP contribution in [-0.2, 0) is 0 Å². The summed E-state index contributed by atoms with van der Waals surface area (Å²) in [7, 11) is 0. The number of halogens is 1. The Morgan fingerprint density at radius 2 is 2.12 bits per heavy atom. The lowest BCUT2D eigenvalue weighted by molar-refractivity contribution is 0.487. The molecule has 1 heterocycles. The lowest BCUT2D eigenvalue weighted by Gasteiger charge is -2.18. The quantitative estimate of drug-likeness (QED) is 0.847. The molecule has 2 rings (SSSR count). The molecule has 0 bridgehead atoms. The first-order chi connectivity index (χ1) is 8.16. The molecule has 2 nitrogen and oxygen atoms in total. The number of hydrogen-bond donors (Lipinski definition) is 1. The summed E-state index contributed by atoms with van der Waals surface area (Å²) < 4.78 is 5.43. The minimum Gasteiger partial charge on any atom is -0.468 e. The molecule has 90 valence electrons. The Morgan fingerprint density at radius 3 is 2.71 bits per heavy atom. The number of benzene rings is 1. The van der Waals surface area contributed by atoms with Gasteiger partial charge in [-0.15, -0.1) is 11.8 Å². The van der Waals surface area contributed by atoms with E-state index < -0.39 is 0 Å². The van der Waals surface area contributed by atoms with E-state index in [1.54, 1.807) is 18.0 Å². The van der Waals surface area contributed by atoms with E-state index in [1.807, 2.05) is 43.3 Å². The zero-order valence-corrected chi connectivity index (χ0v) is 11.0. The third kappa shape index (κ3) is 3.28. The van der Waals surface area contributed by atoms with Gasteiger partial charge in [-0.1, -0.05) is 17.7 Å². The van der Waals surface area contributed by atoms with Crippen molar-refractivity contribution in [2.24, 2.45) is 5.73 Å². The molecule has 0 saturated carbocycles. The third-order valence-corrected chi connectivity index (χ3v) is 4.04. The van der Waals surface area contributed by atoms with Crippen LogP contribution in [0.4, 0.5) is 0 Å². The fourth-order valence-electron chi connectivity index (χ4n) is 1.56. The van der Waals surface area contributed by atoms with Crippen LogP contribution in [0.15, 0.2) is 52.0 Å². The highest BCUT2D eigenvalue weighted by Gasteiger charge is 2.20. The second-order valence-corrected chi connectivity index (χ2v) is 5.52. The van der Waals surface area contributed by atoms with Gasteiger partial charge in [-0.25, -0.2) is 0 Å². The van der Waals surface area contributed by atoms with E-state index in [9.17, 15) is 0 Å². The second kappa shape index (κ2) is 5.63. The monoisotopic (exact) mass is 267 g/mol. The predicted molar refractivity (Wildman–Crippen MR) is 72.4 cm³/mol. The summed E-state index contributed by atoms with van der Waals surface area (Å²) in [5.41, 5.74) is 6.00. The molecular formula is C13H14ClNOS. The van der Waals surface area contributed by atoms with Crippen molar-refractivity contribution in [3.05, 3.63) is 53.4 Å². The van der Waals surface area contributed by atoms with Crippen LogP contribution in [0, 0.1) is 0 Å². The van der Waals surface area contributed by atoms with Crippen molar-refractivity contribution in [1.82, 2.24) is 0 Å². The van der Waals surface area contributed by atoms with Crippen molar-refractivity contribution in [3.8, 4) is 0 Å². The molecule has 4 heteroatoms. The van der Waals surface area contributed by atoms with E-state index in [0.29, 0.717) is 0 Å². The summed E-state index contributed by atoms with van der Waals surface area (Å²) in [5, 5.41) is 0.835. The maximum Gasteiger partial charge on any atom is 0.118 e. The summed E-state index contributed by atoms with van der Waals surface area (Å²) in [5.74, 6) is 0.893. The molecule has 2 aromatic rings. The highest BCUT2D eigenvalue weighted by atomic mass is 35.5. The van der Waals surface area contributed by atoms with Gasteiger partial charge in [0.05, 0.1) is 11.5 Å². The maximum absolute atomic E-state index is 6.00. The Balaban J connectivity index is 2.19. The van der Waals surface area contributed by atoms with Crippen LogP contribution in [0.1, 0.15) is 17.9 Å². The van der Waals surface area contributed by atoms with Crippen LogP contribution in [-0.4, -0.2) is 6.04 Å². The van der Waals surface area contributed by atoms with Crippen molar-refractivity contribution in [3.63, 3.8) is 0 Å². The lowest BCUT2D eigenvalue weighted by Crippen LogP contribution is -2.22. The van der Waals surface area contributed by atoms with Crippen molar-refractivity contribution in [1.29, 1.82) is 0 Å². The molecule has 2 N–H and O–H groups in total. The van der Waals surface area contributed by atoms with Crippen LogP contribution in [0.5, 0.6) is 0 Å². The van der Waals surface area contributed by atoms with Crippen molar-refractivity contribution < 1.29 is 4.42 Å². The largest absolute Gasteiger partial charge is 0.468 e. The summed E-state index contributed by atoms with van der Waals surface area (Å²) >= 11 is 7.63. The van der Waals surface area contributed by atoms with Crippen LogP contribution in [0.2, 0.25) is 5.02 Å². The molecular weight excluding hydrogens is 254 g/mol. The summed E-state index contributed by atoms with van der Waals surface area (Å²) in [6, 6.07) is 11.6. The van der Waals surface area contributed by atoms with E-state index in [2.05, 4.69) is 0 Å². The fourth-order valence-corrected chi connectivity index (χ4v) is 2.93.